The van der Waals surface area contributed by atoms with Crippen LogP contribution in [0.3, 0.4) is 0 Å². The van der Waals surface area contributed by atoms with E-state index in [0.29, 0.717) is 11.4 Å². The van der Waals surface area contributed by atoms with Crippen molar-refractivity contribution in [2.45, 2.75) is 12.5 Å². The molecule has 0 aliphatic carbocycles. The number of benzene rings is 2. The molecule has 0 saturated heterocycles. The summed E-state index contributed by atoms with van der Waals surface area (Å²) in [6.45, 7) is 1.76. The maximum Gasteiger partial charge on any atom is 0.257 e. The second-order valence-corrected chi connectivity index (χ2v) is 5.24. The van der Waals surface area contributed by atoms with Crippen molar-refractivity contribution >= 4 is 17.4 Å². The molecule has 0 bridgehead atoms. The quantitative estimate of drug-likeness (QED) is 0.735. The lowest BCUT2D eigenvalue weighted by molar-refractivity contribution is -0.991. The van der Waals surface area contributed by atoms with Crippen molar-refractivity contribution in [2.24, 2.45) is 4.99 Å². The molecule has 1 aliphatic heterocycles. The van der Waals surface area contributed by atoms with Crippen molar-refractivity contribution in [1.29, 1.82) is 0 Å². The number of rotatable bonds is 3. The first-order chi connectivity index (χ1) is 10.5. The van der Waals surface area contributed by atoms with E-state index in [1.54, 1.807) is 19.1 Å². The fourth-order valence-corrected chi connectivity index (χ4v) is 2.40. The Kier molecular flexibility index (Phi) is 3.50. The van der Waals surface area contributed by atoms with Crippen molar-refractivity contribution in [3.05, 3.63) is 70.9 Å². The highest BCUT2D eigenvalue weighted by atomic mass is 16.8. The minimum Gasteiger partial charge on any atom is -0.595 e. The van der Waals surface area contributed by atoms with Crippen LogP contribution in [-0.4, -0.2) is 17.0 Å². The number of amidine groups is 1. The summed E-state index contributed by atoms with van der Waals surface area (Å²) in [6, 6.07) is 15.6. The maximum atomic E-state index is 12.3. The van der Waals surface area contributed by atoms with Gasteiger partial charge >= 0.3 is 0 Å². The van der Waals surface area contributed by atoms with Gasteiger partial charge in [0.25, 0.3) is 5.91 Å². The first kappa shape index (κ1) is 14.4. The predicted octanol–water partition coefficient (Wildman–Crippen LogP) is 0.882. The molecule has 1 aliphatic rings. The van der Waals surface area contributed by atoms with E-state index < -0.39 is 10.8 Å². The summed E-state index contributed by atoms with van der Waals surface area (Å²) in [6.07, 6.45) is 0. The van der Waals surface area contributed by atoms with E-state index in [0.717, 1.165) is 5.56 Å². The zero-order valence-corrected chi connectivity index (χ0v) is 11.9. The van der Waals surface area contributed by atoms with Crippen molar-refractivity contribution in [2.75, 3.05) is 0 Å². The van der Waals surface area contributed by atoms with Gasteiger partial charge < -0.3 is 10.5 Å². The highest BCUT2D eigenvalue weighted by molar-refractivity contribution is 6.15. The molecule has 3 N–H and O–H groups in total. The third kappa shape index (κ3) is 2.39. The number of carbonyl (C=O) groups is 1. The van der Waals surface area contributed by atoms with Gasteiger partial charge in [-0.25, -0.2) is 10.2 Å². The van der Waals surface area contributed by atoms with E-state index in [1.165, 1.54) is 12.1 Å². The number of hydrogen-bond donors (Lipinski definition) is 3. The summed E-state index contributed by atoms with van der Waals surface area (Å²) in [5, 5.41) is 21.6. The van der Waals surface area contributed by atoms with E-state index in [-0.39, 0.29) is 11.6 Å². The molecule has 0 saturated carbocycles. The Balaban J connectivity index is 1.96. The monoisotopic (exact) mass is 297 g/mol. The molecule has 112 valence electrons. The second kappa shape index (κ2) is 5.34. The predicted molar refractivity (Wildman–Crippen MR) is 80.7 cm³/mol. The lowest BCUT2D eigenvalue weighted by Crippen LogP contribution is -2.99. The van der Waals surface area contributed by atoms with E-state index >= 15 is 0 Å². The third-order valence-corrected chi connectivity index (χ3v) is 3.75. The van der Waals surface area contributed by atoms with Crippen LogP contribution in [-0.2, 0) is 10.3 Å². The lowest BCUT2D eigenvalue weighted by Gasteiger charge is -2.17. The van der Waals surface area contributed by atoms with Gasteiger partial charge in [0, 0.05) is 17.7 Å². The Morgan fingerprint density at radius 1 is 1.14 bits per heavy atom. The molecule has 6 nitrogen and oxygen atoms in total. The highest BCUT2D eigenvalue weighted by Gasteiger charge is 2.40. The van der Waals surface area contributed by atoms with Crippen molar-refractivity contribution in [3.8, 4) is 0 Å². The molecule has 2 aromatic carbocycles. The van der Waals surface area contributed by atoms with Crippen LogP contribution >= 0.6 is 0 Å². The van der Waals surface area contributed by atoms with Crippen molar-refractivity contribution in [3.63, 3.8) is 0 Å². The van der Waals surface area contributed by atoms with Crippen molar-refractivity contribution < 1.29 is 15.2 Å². The Bertz CT molecular complexity index is 726. The number of nitrogens with zero attached hydrogens (tertiary/aromatic N) is 1. The number of carbonyl (C=O) groups excluding carboxylic acids is 1. The summed E-state index contributed by atoms with van der Waals surface area (Å²) in [4.78, 5) is 16.9. The van der Waals surface area contributed by atoms with Gasteiger partial charge in [-0.1, -0.05) is 30.3 Å². The number of amides is 1. The Morgan fingerprint density at radius 3 is 2.36 bits per heavy atom. The molecule has 0 radical (unpaired) electrons. The van der Waals surface area contributed by atoms with Gasteiger partial charge in [0.1, 0.15) is 5.84 Å². The highest BCUT2D eigenvalue weighted by Crippen LogP contribution is 2.30. The van der Waals surface area contributed by atoms with E-state index in [2.05, 4.69) is 10.3 Å². The molecule has 2 unspecified atom stereocenters. The standard InChI is InChI=1S/C16H15N3O3/c1-16(12-5-3-2-4-6-12)15(20)17-14(18-16)11-7-9-13(10-8-11)19(21)22/h2-10,19,21H,1H3,(H,17,18,20). The van der Waals surface area contributed by atoms with Gasteiger partial charge in [-0.2, -0.15) is 5.23 Å². The second-order valence-electron chi connectivity index (χ2n) is 5.24. The van der Waals surface area contributed by atoms with Gasteiger partial charge in [0.05, 0.1) is 0 Å². The van der Waals surface area contributed by atoms with Gasteiger partial charge in [0.15, 0.2) is 11.2 Å². The minimum atomic E-state index is -0.988. The van der Waals surface area contributed by atoms with E-state index in [4.69, 9.17) is 5.21 Å². The SMILES string of the molecule is CC1(c2ccccc2)N=C(c2ccc([NH+]([O-])O)cc2)NC1=O. The lowest BCUT2D eigenvalue weighted by atomic mass is 9.93. The average Bonchev–Trinajstić information content (AvgIpc) is 2.85. The molecule has 1 heterocycles. The molecule has 1 amide bonds. The van der Waals surface area contributed by atoms with Gasteiger partial charge in [0.2, 0.25) is 0 Å². The summed E-state index contributed by atoms with van der Waals surface area (Å²) >= 11 is 0. The van der Waals surface area contributed by atoms with Crippen LogP contribution in [0.5, 0.6) is 0 Å². The Hall–Kier alpha value is -2.54. The number of aliphatic imine (C=N–C) groups is 1. The van der Waals surface area contributed by atoms with Crippen LogP contribution < -0.4 is 10.5 Å². The zero-order chi connectivity index (χ0) is 15.7. The molecule has 0 fully saturated rings. The average molecular weight is 297 g/mol. The van der Waals surface area contributed by atoms with Crippen LogP contribution in [0.1, 0.15) is 18.1 Å². The molecule has 3 rings (SSSR count). The fraction of sp³-hybridized carbons (Fsp3) is 0.125. The molecule has 0 aromatic heterocycles. The topological polar surface area (TPSA) is 89.2 Å². The normalized spacial score (nSPS) is 22.1. The van der Waals surface area contributed by atoms with E-state index in [1.807, 2.05) is 30.3 Å². The van der Waals surface area contributed by atoms with Gasteiger partial charge in [-0.05, 0) is 24.6 Å². The molecular formula is C16H15N3O3. The Morgan fingerprint density at radius 2 is 1.77 bits per heavy atom. The zero-order valence-electron chi connectivity index (χ0n) is 11.9. The molecule has 22 heavy (non-hydrogen) atoms. The van der Waals surface area contributed by atoms with Gasteiger partial charge in [-0.15, -0.1) is 0 Å². The summed E-state index contributed by atoms with van der Waals surface area (Å²) in [5.41, 5.74) is 0.712. The summed E-state index contributed by atoms with van der Waals surface area (Å²) < 4.78 is 0. The summed E-state index contributed by atoms with van der Waals surface area (Å²) in [5.74, 6) is 0.254. The summed E-state index contributed by atoms with van der Waals surface area (Å²) in [7, 11) is 0. The first-order valence-corrected chi connectivity index (χ1v) is 6.81. The van der Waals surface area contributed by atoms with Crippen LogP contribution in [0.15, 0.2) is 59.6 Å². The molecule has 2 atom stereocenters. The van der Waals surface area contributed by atoms with Gasteiger partial charge in [-0.3, -0.25) is 4.79 Å². The first-order valence-electron chi connectivity index (χ1n) is 6.81. The number of nitrogens with one attached hydrogen (secondary N) is 2. The van der Waals surface area contributed by atoms with Crippen LogP contribution in [0.4, 0.5) is 5.69 Å². The molecular weight excluding hydrogens is 282 g/mol. The largest absolute Gasteiger partial charge is 0.595 e. The van der Waals surface area contributed by atoms with E-state index in [9.17, 15) is 10.0 Å². The third-order valence-electron chi connectivity index (χ3n) is 3.75. The smallest absolute Gasteiger partial charge is 0.257 e. The molecule has 2 aromatic rings. The number of hydrogen-bond acceptors (Lipinski definition) is 4. The molecule has 6 heteroatoms. The Labute approximate surface area is 127 Å². The molecule has 0 spiro atoms. The maximum absolute atomic E-state index is 12.3. The van der Waals surface area contributed by atoms with Crippen LogP contribution in [0.2, 0.25) is 0 Å². The van der Waals surface area contributed by atoms with Crippen LogP contribution in [0, 0.1) is 5.21 Å². The van der Waals surface area contributed by atoms with Crippen molar-refractivity contribution in [1.82, 2.24) is 5.32 Å². The van der Waals surface area contributed by atoms with Crippen LogP contribution in [0.25, 0.3) is 0 Å². The fourth-order valence-electron chi connectivity index (χ4n) is 2.40. The minimum absolute atomic E-state index is 0.194. The number of quaternary nitrogens is 1.